The third-order valence-corrected chi connectivity index (χ3v) is 8.66. The van der Waals surface area contributed by atoms with Gasteiger partial charge < -0.3 is 30.1 Å². The molecule has 5 atom stereocenters. The first-order chi connectivity index (χ1) is 19.2. The van der Waals surface area contributed by atoms with Crippen molar-refractivity contribution in [3.8, 4) is 5.75 Å². The summed E-state index contributed by atoms with van der Waals surface area (Å²) in [5, 5.41) is 15.7. The van der Waals surface area contributed by atoms with Gasteiger partial charge >= 0.3 is 0 Å². The maximum absolute atomic E-state index is 14.1. The topological polar surface area (TPSA) is 117 Å². The lowest BCUT2D eigenvalue weighted by Gasteiger charge is -2.33. The number of carbonyl (C=O) groups is 3. The molecule has 0 saturated carbocycles. The standard InChI is InChI=1S/C30H36ClN3O6/c1-3-39-22-13-11-21(12-14-22)32-26(36)23-24-28(38)34(17-5-4-6-18-35)25(30(24)16-15-29(23,2)40-30)27(37)33-20-9-7-19(31)8-10-20/h7-14,23-25,35H,3-6,15-18H2,1-2H3,(H,32,36)(H,33,37)/t23-,24-,25?,29+,30?/m0/s1. The Balaban J connectivity index is 1.43. The van der Waals surface area contributed by atoms with E-state index >= 15 is 0 Å². The van der Waals surface area contributed by atoms with Crippen molar-refractivity contribution in [1.82, 2.24) is 4.90 Å². The average Bonchev–Trinajstić information content (AvgIpc) is 3.50. The Morgan fingerprint density at radius 1 is 1.02 bits per heavy atom. The van der Waals surface area contributed by atoms with Crippen LogP contribution in [0.2, 0.25) is 5.02 Å². The normalized spacial score (nSPS) is 28.4. The van der Waals surface area contributed by atoms with Crippen LogP contribution in [0.1, 0.15) is 46.0 Å². The molecule has 0 aliphatic carbocycles. The monoisotopic (exact) mass is 569 g/mol. The van der Waals surface area contributed by atoms with Crippen LogP contribution < -0.4 is 15.4 Å². The Morgan fingerprint density at radius 2 is 1.68 bits per heavy atom. The summed E-state index contributed by atoms with van der Waals surface area (Å²) in [7, 11) is 0. The van der Waals surface area contributed by atoms with E-state index in [9.17, 15) is 19.5 Å². The molecule has 3 amide bonds. The first-order valence-corrected chi connectivity index (χ1v) is 14.3. The molecule has 3 fully saturated rings. The zero-order chi connectivity index (χ0) is 28.5. The highest BCUT2D eigenvalue weighted by atomic mass is 35.5. The molecule has 2 bridgehead atoms. The second-order valence-corrected chi connectivity index (χ2v) is 11.4. The largest absolute Gasteiger partial charge is 0.494 e. The molecule has 2 aromatic rings. The van der Waals surface area contributed by atoms with Crippen LogP contribution in [-0.4, -0.2) is 64.7 Å². The summed E-state index contributed by atoms with van der Waals surface area (Å²) in [5.74, 6) is -1.73. The summed E-state index contributed by atoms with van der Waals surface area (Å²) >= 11 is 6.02. The molecule has 10 heteroatoms. The SMILES string of the molecule is CCOc1ccc(NC(=O)[C@@H]2[C@H]3C(=O)N(CCCCCO)C(C(=O)Nc4ccc(Cl)cc4)C34CC[C@@]2(C)O4)cc1. The molecule has 3 heterocycles. The van der Waals surface area contributed by atoms with Gasteiger partial charge in [0.1, 0.15) is 17.4 Å². The van der Waals surface area contributed by atoms with Crippen LogP contribution in [0.15, 0.2) is 48.5 Å². The number of carbonyl (C=O) groups excluding carboxylic acids is 3. The number of fused-ring (bicyclic) bond motifs is 1. The number of aliphatic hydroxyl groups is 1. The fraction of sp³-hybridized carbons (Fsp3) is 0.500. The number of aliphatic hydroxyl groups excluding tert-OH is 1. The molecule has 3 aliphatic heterocycles. The zero-order valence-corrected chi connectivity index (χ0v) is 23.6. The van der Waals surface area contributed by atoms with Gasteiger partial charge in [0.15, 0.2) is 0 Å². The van der Waals surface area contributed by atoms with Crippen LogP contribution in [0, 0.1) is 11.8 Å². The Bertz CT molecular complexity index is 1260. The maximum atomic E-state index is 14.1. The molecule has 5 rings (SSSR count). The lowest BCUT2D eigenvalue weighted by Crippen LogP contribution is -2.53. The predicted molar refractivity (Wildman–Crippen MR) is 151 cm³/mol. The summed E-state index contributed by atoms with van der Waals surface area (Å²) in [5.41, 5.74) is -0.833. The molecule has 214 valence electrons. The van der Waals surface area contributed by atoms with E-state index < -0.39 is 29.1 Å². The highest BCUT2D eigenvalue weighted by Crippen LogP contribution is 2.63. The van der Waals surface area contributed by atoms with E-state index in [4.69, 9.17) is 21.1 Å². The van der Waals surface area contributed by atoms with Gasteiger partial charge in [0.05, 0.1) is 24.0 Å². The van der Waals surface area contributed by atoms with Crippen molar-refractivity contribution in [2.45, 2.75) is 63.2 Å². The van der Waals surface area contributed by atoms with E-state index in [2.05, 4.69) is 10.6 Å². The van der Waals surface area contributed by atoms with Gasteiger partial charge in [-0.25, -0.2) is 0 Å². The van der Waals surface area contributed by atoms with Crippen molar-refractivity contribution in [1.29, 1.82) is 0 Å². The second kappa shape index (κ2) is 11.4. The Labute approximate surface area is 239 Å². The minimum absolute atomic E-state index is 0.0657. The van der Waals surface area contributed by atoms with Crippen molar-refractivity contribution in [2.24, 2.45) is 11.8 Å². The summed E-state index contributed by atoms with van der Waals surface area (Å²) in [6.45, 7) is 4.71. The van der Waals surface area contributed by atoms with Crippen molar-refractivity contribution >= 4 is 40.7 Å². The van der Waals surface area contributed by atoms with Crippen molar-refractivity contribution in [3.63, 3.8) is 0 Å². The van der Waals surface area contributed by atoms with Gasteiger partial charge in [0, 0.05) is 29.5 Å². The Hall–Kier alpha value is -3.14. The number of unbranched alkanes of at least 4 members (excludes halogenated alkanes) is 2. The molecule has 2 unspecified atom stereocenters. The van der Waals surface area contributed by atoms with E-state index in [1.54, 1.807) is 53.4 Å². The number of hydrogen-bond donors (Lipinski definition) is 3. The highest BCUT2D eigenvalue weighted by molar-refractivity contribution is 6.30. The smallest absolute Gasteiger partial charge is 0.250 e. The van der Waals surface area contributed by atoms with E-state index in [-0.39, 0.29) is 24.3 Å². The number of likely N-dealkylation sites (tertiary alicyclic amines) is 1. The van der Waals surface area contributed by atoms with Crippen LogP contribution in [-0.2, 0) is 19.1 Å². The van der Waals surface area contributed by atoms with Gasteiger partial charge in [-0.3, -0.25) is 14.4 Å². The molecule has 3 aliphatic rings. The summed E-state index contributed by atoms with van der Waals surface area (Å²) in [6, 6.07) is 13.0. The Morgan fingerprint density at radius 3 is 2.33 bits per heavy atom. The van der Waals surface area contributed by atoms with Gasteiger partial charge in [0.2, 0.25) is 17.7 Å². The quantitative estimate of drug-likeness (QED) is 0.348. The van der Waals surface area contributed by atoms with Gasteiger partial charge in [-0.1, -0.05) is 11.6 Å². The minimum Gasteiger partial charge on any atom is -0.494 e. The molecule has 0 radical (unpaired) electrons. The highest BCUT2D eigenvalue weighted by Gasteiger charge is 2.77. The van der Waals surface area contributed by atoms with Gasteiger partial charge in [-0.2, -0.15) is 0 Å². The summed E-state index contributed by atoms with van der Waals surface area (Å²) < 4.78 is 12.1. The first kappa shape index (κ1) is 28.4. The van der Waals surface area contributed by atoms with Crippen molar-refractivity contribution < 1.29 is 29.0 Å². The molecule has 3 saturated heterocycles. The van der Waals surface area contributed by atoms with E-state index in [1.165, 1.54) is 0 Å². The number of anilines is 2. The van der Waals surface area contributed by atoms with Crippen LogP contribution >= 0.6 is 11.6 Å². The zero-order valence-electron chi connectivity index (χ0n) is 22.8. The third-order valence-electron chi connectivity index (χ3n) is 8.41. The van der Waals surface area contributed by atoms with Gasteiger partial charge in [-0.05, 0) is 94.5 Å². The summed E-state index contributed by atoms with van der Waals surface area (Å²) in [6.07, 6.45) is 3.00. The lowest BCUT2D eigenvalue weighted by atomic mass is 9.66. The fourth-order valence-corrected chi connectivity index (χ4v) is 6.83. The van der Waals surface area contributed by atoms with Crippen LogP contribution in [0.25, 0.3) is 0 Å². The second-order valence-electron chi connectivity index (χ2n) is 11.0. The molecule has 1 spiro atoms. The molecule has 9 nitrogen and oxygen atoms in total. The third kappa shape index (κ3) is 5.06. The number of amides is 3. The number of nitrogens with zero attached hydrogens (tertiary/aromatic N) is 1. The molecule has 3 N–H and O–H groups in total. The number of benzene rings is 2. The number of ether oxygens (including phenoxy) is 2. The fourth-order valence-electron chi connectivity index (χ4n) is 6.70. The lowest BCUT2D eigenvalue weighted by molar-refractivity contribution is -0.143. The van der Waals surface area contributed by atoms with Crippen LogP contribution in [0.3, 0.4) is 0 Å². The molecule has 2 aromatic carbocycles. The minimum atomic E-state index is -1.11. The van der Waals surface area contributed by atoms with Gasteiger partial charge in [0.25, 0.3) is 0 Å². The van der Waals surface area contributed by atoms with E-state index in [0.717, 1.165) is 0 Å². The number of nitrogens with one attached hydrogen (secondary N) is 2. The van der Waals surface area contributed by atoms with Crippen molar-refractivity contribution in [3.05, 3.63) is 53.6 Å². The Kier molecular flexibility index (Phi) is 8.08. The molecular weight excluding hydrogens is 534 g/mol. The first-order valence-electron chi connectivity index (χ1n) is 13.9. The maximum Gasteiger partial charge on any atom is 0.250 e. The number of halogens is 1. The number of rotatable bonds is 11. The summed E-state index contributed by atoms with van der Waals surface area (Å²) in [4.78, 5) is 43.3. The number of hydrogen-bond acceptors (Lipinski definition) is 6. The van der Waals surface area contributed by atoms with Crippen LogP contribution in [0.5, 0.6) is 5.75 Å². The predicted octanol–water partition coefficient (Wildman–Crippen LogP) is 4.24. The van der Waals surface area contributed by atoms with E-state index in [0.29, 0.717) is 67.4 Å². The van der Waals surface area contributed by atoms with Crippen molar-refractivity contribution in [2.75, 3.05) is 30.4 Å². The average molecular weight is 570 g/mol. The van der Waals surface area contributed by atoms with Crippen LogP contribution in [0.4, 0.5) is 11.4 Å². The molecule has 40 heavy (non-hydrogen) atoms. The molecule has 0 aromatic heterocycles. The molecular formula is C30H36ClN3O6. The van der Waals surface area contributed by atoms with E-state index in [1.807, 2.05) is 13.8 Å². The van der Waals surface area contributed by atoms with Gasteiger partial charge in [-0.15, -0.1) is 0 Å².